The molecule has 0 aromatic heterocycles. The van der Waals surface area contributed by atoms with Gasteiger partial charge in [0.05, 0.1) is 9.73 Å². The van der Waals surface area contributed by atoms with Crippen molar-refractivity contribution in [2.24, 2.45) is 21.3 Å². The first kappa shape index (κ1) is 32.0. The van der Waals surface area contributed by atoms with Gasteiger partial charge in [-0.3, -0.25) is 4.03 Å². The van der Waals surface area contributed by atoms with E-state index in [-0.39, 0.29) is 16.4 Å². The third kappa shape index (κ3) is 6.34. The zero-order valence-corrected chi connectivity index (χ0v) is 28.9. The standard InChI is InChI=1S/C30H59NO2SSi2/c1-14-36(15-2,16-3)33-27-18-17-22-30(11)25(19-20-26(27)30)24(4)21-23-34(32,28(5,6)7)31-35(12,13)29(8,9)10/h19,21,23-24,26-27H,14-18,20,22H2,1-13H3/b23-21+/t24-,26+,27+,30-,34?/m1/s1. The molecule has 2 aliphatic rings. The van der Waals surface area contributed by atoms with Gasteiger partial charge in [-0.25, -0.2) is 4.21 Å². The van der Waals surface area contributed by atoms with Crippen LogP contribution in [0.5, 0.6) is 0 Å². The van der Waals surface area contributed by atoms with Gasteiger partial charge in [0.25, 0.3) is 0 Å². The molecule has 3 nitrogen and oxygen atoms in total. The van der Waals surface area contributed by atoms with Gasteiger partial charge >= 0.3 is 0 Å². The minimum Gasteiger partial charge on any atom is -0.414 e. The van der Waals surface area contributed by atoms with Crippen LogP contribution in [-0.2, 0) is 14.2 Å². The topological polar surface area (TPSA) is 38.7 Å². The average molecular weight is 554 g/mol. The summed E-state index contributed by atoms with van der Waals surface area (Å²) in [5, 5.41) is 2.08. The SMILES string of the molecule is CC[Si](CC)(CC)O[C@H]1CCC[C@]2(C)C([C@H](C)/C=C/S(=O)(=N[Si](C)(C)C(C)(C)C)C(C)(C)C)=CC[C@@H]12. The highest BCUT2D eigenvalue weighted by Crippen LogP contribution is 2.56. The van der Waals surface area contributed by atoms with E-state index in [1.807, 2.05) is 5.41 Å². The summed E-state index contributed by atoms with van der Waals surface area (Å²) in [6.07, 6.45) is 9.96. The van der Waals surface area contributed by atoms with Gasteiger partial charge in [-0.05, 0) is 93.5 Å². The van der Waals surface area contributed by atoms with Crippen molar-refractivity contribution in [1.29, 1.82) is 0 Å². The molecule has 0 amide bonds. The lowest BCUT2D eigenvalue weighted by Gasteiger charge is -2.47. The van der Waals surface area contributed by atoms with Gasteiger partial charge < -0.3 is 4.43 Å². The molecular weight excluding hydrogens is 495 g/mol. The second kappa shape index (κ2) is 11.1. The molecule has 0 radical (unpaired) electrons. The summed E-state index contributed by atoms with van der Waals surface area (Å²) in [5.41, 5.74) is 1.72. The number of rotatable bonds is 9. The Balaban J connectivity index is 2.37. The van der Waals surface area contributed by atoms with Crippen molar-refractivity contribution >= 4 is 26.3 Å². The lowest BCUT2D eigenvalue weighted by molar-refractivity contribution is 0.0186. The fourth-order valence-electron chi connectivity index (χ4n) is 6.07. The third-order valence-electron chi connectivity index (χ3n) is 10.2. The lowest BCUT2D eigenvalue weighted by atomic mass is 9.63. The van der Waals surface area contributed by atoms with Crippen LogP contribution in [0, 0.1) is 17.3 Å². The second-order valence-electron chi connectivity index (χ2n) is 14.4. The van der Waals surface area contributed by atoms with Crippen molar-refractivity contribution in [2.45, 2.75) is 149 Å². The summed E-state index contributed by atoms with van der Waals surface area (Å²) >= 11 is 0. The summed E-state index contributed by atoms with van der Waals surface area (Å²) in [4.78, 5) is 0. The van der Waals surface area contributed by atoms with Crippen molar-refractivity contribution in [1.82, 2.24) is 0 Å². The number of fused-ring (bicyclic) bond motifs is 1. The molecule has 1 fully saturated rings. The van der Waals surface area contributed by atoms with Crippen LogP contribution in [0.3, 0.4) is 0 Å². The summed E-state index contributed by atoms with van der Waals surface area (Å²) in [6.45, 7) is 29.3. The van der Waals surface area contributed by atoms with Crippen molar-refractivity contribution < 1.29 is 8.63 Å². The van der Waals surface area contributed by atoms with Crippen LogP contribution in [0.15, 0.2) is 27.2 Å². The van der Waals surface area contributed by atoms with Crippen LogP contribution in [0.2, 0.25) is 36.3 Å². The highest BCUT2D eigenvalue weighted by molar-refractivity contribution is 7.98. The van der Waals surface area contributed by atoms with Crippen LogP contribution in [0.25, 0.3) is 0 Å². The van der Waals surface area contributed by atoms with Gasteiger partial charge in [0.1, 0.15) is 0 Å². The van der Waals surface area contributed by atoms with E-state index in [2.05, 4.69) is 101 Å². The van der Waals surface area contributed by atoms with Crippen molar-refractivity contribution in [2.75, 3.05) is 0 Å². The van der Waals surface area contributed by atoms with E-state index in [0.717, 1.165) is 6.42 Å². The molecule has 1 saturated carbocycles. The molecule has 6 heteroatoms. The molecule has 36 heavy (non-hydrogen) atoms. The van der Waals surface area contributed by atoms with Crippen molar-refractivity contribution in [3.8, 4) is 0 Å². The Morgan fingerprint density at radius 2 is 1.69 bits per heavy atom. The van der Waals surface area contributed by atoms with Gasteiger partial charge in [-0.1, -0.05) is 79.5 Å². The molecule has 5 atom stereocenters. The van der Waals surface area contributed by atoms with E-state index in [0.29, 0.717) is 12.0 Å². The number of nitrogens with zero attached hydrogens (tertiary/aromatic N) is 1. The van der Waals surface area contributed by atoms with Crippen molar-refractivity contribution in [3.05, 3.63) is 23.1 Å². The Morgan fingerprint density at radius 3 is 2.17 bits per heavy atom. The van der Waals surface area contributed by atoms with Crippen molar-refractivity contribution in [3.63, 3.8) is 0 Å². The largest absolute Gasteiger partial charge is 0.414 e. The second-order valence-corrected chi connectivity index (χ2v) is 27.1. The maximum atomic E-state index is 14.4. The highest BCUT2D eigenvalue weighted by Gasteiger charge is 2.50. The van der Waals surface area contributed by atoms with Gasteiger partial charge in [0.2, 0.25) is 0 Å². The Morgan fingerprint density at radius 1 is 1.14 bits per heavy atom. The molecule has 0 aliphatic heterocycles. The van der Waals surface area contributed by atoms with E-state index in [9.17, 15) is 4.21 Å². The average Bonchev–Trinajstić information content (AvgIpc) is 3.12. The summed E-state index contributed by atoms with van der Waals surface area (Å²) in [7, 11) is -6.20. The van der Waals surface area contributed by atoms with E-state index in [1.165, 1.54) is 43.0 Å². The molecule has 0 spiro atoms. The molecule has 2 rings (SSSR count). The maximum Gasteiger partial charge on any atom is 0.193 e. The summed E-state index contributed by atoms with van der Waals surface area (Å²) < 4.78 is 26.3. The van der Waals surface area contributed by atoms with Gasteiger partial charge in [-0.2, -0.15) is 0 Å². The smallest absolute Gasteiger partial charge is 0.193 e. The van der Waals surface area contributed by atoms with Crippen LogP contribution in [0.4, 0.5) is 0 Å². The Labute approximate surface area is 227 Å². The van der Waals surface area contributed by atoms with Crippen LogP contribution >= 0.6 is 0 Å². The predicted molar refractivity (Wildman–Crippen MR) is 166 cm³/mol. The fourth-order valence-corrected chi connectivity index (χ4v) is 15.0. The zero-order valence-electron chi connectivity index (χ0n) is 26.1. The highest BCUT2D eigenvalue weighted by atomic mass is 32.2. The first-order valence-electron chi connectivity index (χ1n) is 14.7. The van der Waals surface area contributed by atoms with Crippen LogP contribution < -0.4 is 0 Å². The predicted octanol–water partition coefficient (Wildman–Crippen LogP) is 9.93. The minimum absolute atomic E-state index is 0.0696. The molecule has 210 valence electrons. The minimum atomic E-state index is -2.50. The first-order chi connectivity index (χ1) is 16.3. The Kier molecular flexibility index (Phi) is 9.91. The molecular formula is C30H59NO2SSi2. The number of allylic oxidation sites excluding steroid dienone is 3. The van der Waals surface area contributed by atoms with Crippen LogP contribution in [0.1, 0.15) is 102 Å². The van der Waals surface area contributed by atoms with E-state index in [4.69, 9.17) is 8.45 Å². The Bertz CT molecular complexity index is 935. The number of hydrogen-bond acceptors (Lipinski definition) is 3. The molecule has 0 aromatic rings. The molecule has 0 heterocycles. The normalized spacial score (nSPS) is 28.5. The van der Waals surface area contributed by atoms with Gasteiger partial charge in [-0.15, -0.1) is 0 Å². The van der Waals surface area contributed by atoms with Crippen LogP contribution in [-0.4, -0.2) is 31.6 Å². The summed E-state index contributed by atoms with van der Waals surface area (Å²) in [5.74, 6) is 0.847. The number of hydrogen-bond donors (Lipinski definition) is 0. The van der Waals surface area contributed by atoms with Gasteiger partial charge in [0.15, 0.2) is 16.6 Å². The lowest BCUT2D eigenvalue weighted by Crippen LogP contribution is -2.47. The molecule has 0 N–H and O–H groups in total. The molecule has 0 bridgehead atoms. The fraction of sp³-hybridized carbons (Fsp3) is 0.867. The third-order valence-corrected chi connectivity index (χ3v) is 23.7. The molecule has 1 unspecified atom stereocenters. The maximum absolute atomic E-state index is 14.4. The Hall–Kier alpha value is -0.176. The van der Waals surface area contributed by atoms with E-state index < -0.39 is 31.0 Å². The monoisotopic (exact) mass is 553 g/mol. The quantitative estimate of drug-likeness (QED) is 0.210. The van der Waals surface area contributed by atoms with E-state index in [1.54, 1.807) is 0 Å². The molecule has 0 aromatic carbocycles. The molecule has 0 saturated heterocycles. The first-order valence-corrected chi connectivity index (χ1v) is 21.7. The molecule has 2 aliphatic carbocycles. The summed E-state index contributed by atoms with van der Waals surface area (Å²) in [6, 6.07) is 3.66. The zero-order chi connectivity index (χ0) is 27.8. The van der Waals surface area contributed by atoms with Gasteiger partial charge in [0, 0.05) is 16.3 Å². The van der Waals surface area contributed by atoms with E-state index >= 15 is 0 Å².